The van der Waals surface area contributed by atoms with Crippen molar-refractivity contribution in [2.45, 2.75) is 64.1 Å². The van der Waals surface area contributed by atoms with E-state index in [2.05, 4.69) is 18.1 Å². The summed E-state index contributed by atoms with van der Waals surface area (Å²) in [6, 6.07) is 8.19. The summed E-state index contributed by atoms with van der Waals surface area (Å²) in [5, 5.41) is 25.2. The van der Waals surface area contributed by atoms with Gasteiger partial charge in [-0.15, -0.1) is 0 Å². The highest BCUT2D eigenvalue weighted by Crippen LogP contribution is 2.68. The third kappa shape index (κ3) is 4.10. The predicted octanol–water partition coefficient (Wildman–Crippen LogP) is 5.20. The maximum atomic E-state index is 13.6. The maximum Gasteiger partial charge on any atom is 0.338 e. The molecule has 4 aliphatic carbocycles. The molecule has 0 saturated heterocycles. The number of thioether (sulfide) groups is 1. The zero-order valence-electron chi connectivity index (χ0n) is 23.1. The van der Waals surface area contributed by atoms with Crippen molar-refractivity contribution in [2.24, 2.45) is 28.6 Å². The first-order valence-electron chi connectivity index (χ1n) is 14.1. The Hall–Kier alpha value is -3.03. The second-order valence-corrected chi connectivity index (χ2v) is 13.4. The number of aliphatic hydroxyl groups excluding tert-OH is 1. The summed E-state index contributed by atoms with van der Waals surface area (Å²) >= 11 is 0.800. The molecule has 216 valence electrons. The van der Waals surface area contributed by atoms with Gasteiger partial charge in [0.2, 0.25) is 5.12 Å². The van der Waals surface area contributed by atoms with Gasteiger partial charge in [-0.2, -0.15) is 10.4 Å². The molecule has 1 N–H and O–H groups in total. The second-order valence-electron chi connectivity index (χ2n) is 12.4. The van der Waals surface area contributed by atoms with Gasteiger partial charge in [-0.1, -0.05) is 31.2 Å². The van der Waals surface area contributed by atoms with Gasteiger partial charge in [0.15, 0.2) is 12.3 Å². The van der Waals surface area contributed by atoms with Crippen LogP contribution in [0.15, 0.2) is 36.0 Å². The van der Waals surface area contributed by atoms with Crippen LogP contribution in [0.25, 0.3) is 11.8 Å². The molecule has 10 heteroatoms. The molecule has 3 saturated carbocycles. The fourth-order valence-electron chi connectivity index (χ4n) is 8.94. The number of hydrogen-bond donors (Lipinski definition) is 1. The van der Waals surface area contributed by atoms with E-state index < -0.39 is 34.9 Å². The van der Waals surface area contributed by atoms with Crippen LogP contribution in [-0.4, -0.2) is 50.1 Å². The summed E-state index contributed by atoms with van der Waals surface area (Å²) in [4.78, 5) is 25.9. The minimum atomic E-state index is -1.58. The smallest absolute Gasteiger partial charge is 0.338 e. The highest BCUT2D eigenvalue weighted by Gasteiger charge is 2.70. The third-order valence-corrected chi connectivity index (χ3v) is 11.5. The lowest BCUT2D eigenvalue weighted by molar-refractivity contribution is -0.197. The Balaban J connectivity index is 1.35. The van der Waals surface area contributed by atoms with Gasteiger partial charge in [-0.3, -0.25) is 4.79 Å². The largest absolute Gasteiger partial charge is 0.448 e. The standard InChI is InChI=1S/C31H33F2N3O4S/c1-29-14-18-17-35-36(21-6-4-20(33)5-7-21)24(18)13-19(29)3-8-22-23-9-10-31(40-26(38)16-32,28(39)41-12-11-34)30(23,2)15-25(37)27(22)29/h4-7,13,17,22-23,25,27,37H,3,8-10,12,14-16H2,1-2H3/t22-,23-,25-,27+,29-,30-,31-/m0/s1. The van der Waals surface area contributed by atoms with Crippen molar-refractivity contribution in [3.05, 3.63) is 53.1 Å². The fraction of sp³-hybridized carbons (Fsp3) is 0.548. The molecule has 6 rings (SSSR count). The topological polar surface area (TPSA) is 105 Å². The fourth-order valence-corrected chi connectivity index (χ4v) is 9.75. The number of carbonyl (C=O) groups excluding carboxylic acids is 2. The Kier molecular flexibility index (Phi) is 6.89. The quantitative estimate of drug-likeness (QED) is 0.484. The number of aromatic nitrogens is 2. The van der Waals surface area contributed by atoms with E-state index in [1.165, 1.54) is 17.7 Å². The Bertz CT molecular complexity index is 1470. The van der Waals surface area contributed by atoms with Crippen molar-refractivity contribution in [1.29, 1.82) is 5.26 Å². The minimum absolute atomic E-state index is 0.0170. The number of ether oxygens (including phenoxy) is 1. The van der Waals surface area contributed by atoms with Crippen LogP contribution in [0.4, 0.5) is 8.78 Å². The molecule has 0 bridgehead atoms. The second kappa shape index (κ2) is 10.1. The van der Waals surface area contributed by atoms with Crippen LogP contribution in [0.3, 0.4) is 0 Å². The van der Waals surface area contributed by atoms with E-state index in [-0.39, 0.29) is 47.6 Å². The number of aliphatic hydroxyl groups is 1. The number of carbonyl (C=O) groups is 2. The molecule has 0 aliphatic heterocycles. The number of fused-ring (bicyclic) bond motifs is 6. The number of rotatable bonds is 5. The molecule has 7 atom stereocenters. The molecule has 1 heterocycles. The molecule has 0 amide bonds. The zero-order valence-corrected chi connectivity index (χ0v) is 23.9. The molecule has 0 unspecified atom stereocenters. The van der Waals surface area contributed by atoms with Crippen molar-refractivity contribution in [3.8, 4) is 11.8 Å². The Morgan fingerprint density at radius 1 is 1.27 bits per heavy atom. The molecule has 7 nitrogen and oxygen atoms in total. The molecule has 4 aliphatic rings. The summed E-state index contributed by atoms with van der Waals surface area (Å²) < 4.78 is 34.4. The number of benzene rings is 1. The van der Waals surface area contributed by atoms with Crippen LogP contribution in [-0.2, 0) is 20.7 Å². The van der Waals surface area contributed by atoms with E-state index in [0.717, 1.165) is 41.5 Å². The lowest BCUT2D eigenvalue weighted by Gasteiger charge is -2.60. The lowest BCUT2D eigenvalue weighted by atomic mass is 9.45. The Morgan fingerprint density at radius 2 is 2.02 bits per heavy atom. The molecular weight excluding hydrogens is 548 g/mol. The van der Waals surface area contributed by atoms with Gasteiger partial charge < -0.3 is 9.84 Å². The number of nitrogens with zero attached hydrogens (tertiary/aromatic N) is 3. The highest BCUT2D eigenvalue weighted by atomic mass is 32.2. The van der Waals surface area contributed by atoms with Gasteiger partial charge in [0.1, 0.15) is 5.82 Å². The monoisotopic (exact) mass is 581 g/mol. The highest BCUT2D eigenvalue weighted by molar-refractivity contribution is 8.14. The summed E-state index contributed by atoms with van der Waals surface area (Å²) in [5.41, 5.74) is 1.24. The van der Waals surface area contributed by atoms with E-state index >= 15 is 0 Å². The van der Waals surface area contributed by atoms with Crippen LogP contribution in [0, 0.1) is 45.7 Å². The van der Waals surface area contributed by atoms with E-state index in [1.807, 2.05) is 23.9 Å². The van der Waals surface area contributed by atoms with E-state index in [0.29, 0.717) is 12.8 Å². The van der Waals surface area contributed by atoms with Crippen molar-refractivity contribution < 1.29 is 28.2 Å². The SMILES string of the molecule is C[C@]12Cc3cnn(-c4ccc(F)cc4)c3C=C1CC[C@@H]1[C@@H]2[C@@H](O)C[C@@]2(C)[C@H]1CC[C@]2(OC(=O)CF)C(=O)SCC#N. The average molecular weight is 582 g/mol. The number of allylic oxidation sites excluding steroid dienone is 1. The van der Waals surface area contributed by atoms with Crippen LogP contribution in [0.2, 0.25) is 0 Å². The normalized spacial score (nSPS) is 35.3. The van der Waals surface area contributed by atoms with E-state index in [9.17, 15) is 23.5 Å². The van der Waals surface area contributed by atoms with Gasteiger partial charge in [0.25, 0.3) is 0 Å². The molecule has 2 aromatic rings. The maximum absolute atomic E-state index is 13.6. The van der Waals surface area contributed by atoms with Gasteiger partial charge in [-0.25, -0.2) is 18.3 Å². The van der Waals surface area contributed by atoms with Crippen LogP contribution < -0.4 is 0 Å². The van der Waals surface area contributed by atoms with Gasteiger partial charge in [-0.05, 0) is 97.6 Å². The van der Waals surface area contributed by atoms with Crippen LogP contribution in [0.5, 0.6) is 0 Å². The first-order chi connectivity index (χ1) is 19.6. The van der Waals surface area contributed by atoms with Crippen molar-refractivity contribution in [2.75, 3.05) is 12.4 Å². The molecule has 0 radical (unpaired) electrons. The molecule has 41 heavy (non-hydrogen) atoms. The summed E-state index contributed by atoms with van der Waals surface area (Å²) in [6.45, 7) is 2.77. The van der Waals surface area contributed by atoms with Crippen molar-refractivity contribution in [3.63, 3.8) is 0 Å². The Morgan fingerprint density at radius 3 is 2.73 bits per heavy atom. The lowest BCUT2D eigenvalue weighted by Crippen LogP contribution is -2.62. The van der Waals surface area contributed by atoms with Gasteiger partial charge in [0, 0.05) is 5.41 Å². The number of hydrogen-bond acceptors (Lipinski definition) is 7. The van der Waals surface area contributed by atoms with E-state index in [4.69, 9.17) is 10.00 Å². The minimum Gasteiger partial charge on any atom is -0.448 e. The molecule has 1 aromatic heterocycles. The third-order valence-electron chi connectivity index (χ3n) is 10.6. The molecule has 0 spiro atoms. The average Bonchev–Trinajstić information content (AvgIpc) is 3.48. The first kappa shape index (κ1) is 28.1. The Labute approximate surface area is 241 Å². The van der Waals surface area contributed by atoms with E-state index in [1.54, 1.807) is 12.1 Å². The first-order valence-corrected chi connectivity index (χ1v) is 15.1. The molecule has 3 fully saturated rings. The zero-order chi connectivity index (χ0) is 29.2. The molecular formula is C31H33F2N3O4S. The number of nitriles is 1. The number of halogens is 2. The van der Waals surface area contributed by atoms with Crippen molar-refractivity contribution >= 4 is 28.9 Å². The van der Waals surface area contributed by atoms with Crippen LogP contribution >= 0.6 is 11.8 Å². The summed E-state index contributed by atoms with van der Waals surface area (Å²) in [7, 11) is 0. The van der Waals surface area contributed by atoms with Gasteiger partial charge in [0.05, 0.1) is 35.5 Å². The predicted molar refractivity (Wildman–Crippen MR) is 149 cm³/mol. The summed E-state index contributed by atoms with van der Waals surface area (Å²) in [6.07, 6.45) is 6.65. The number of esters is 1. The summed E-state index contributed by atoms with van der Waals surface area (Å²) in [5.74, 6) is -1.52. The molecule has 1 aromatic carbocycles. The van der Waals surface area contributed by atoms with Crippen molar-refractivity contribution in [1.82, 2.24) is 9.78 Å². The van der Waals surface area contributed by atoms with Crippen LogP contribution in [0.1, 0.15) is 57.2 Å². The number of alkyl halides is 1. The van der Waals surface area contributed by atoms with Gasteiger partial charge >= 0.3 is 5.97 Å².